The van der Waals surface area contributed by atoms with Crippen molar-refractivity contribution in [2.75, 3.05) is 29.9 Å². The highest BCUT2D eigenvalue weighted by atomic mass is 35.5. The summed E-state index contributed by atoms with van der Waals surface area (Å²) in [5.41, 5.74) is 2.79. The van der Waals surface area contributed by atoms with Crippen molar-refractivity contribution in [1.82, 2.24) is 4.90 Å². The number of amides is 2. The number of likely N-dealkylation sites (tertiary alicyclic amines) is 1. The minimum atomic E-state index is -0.346. The molecule has 2 heterocycles. The third kappa shape index (κ3) is 3.99. The zero-order valence-corrected chi connectivity index (χ0v) is 16.5. The fourth-order valence-corrected chi connectivity index (χ4v) is 4.18. The molecule has 2 aliphatic rings. The molecule has 0 spiro atoms. The first kappa shape index (κ1) is 18.8. The van der Waals surface area contributed by atoms with Crippen LogP contribution in [0.15, 0.2) is 48.5 Å². The predicted molar refractivity (Wildman–Crippen MR) is 111 cm³/mol. The van der Waals surface area contributed by atoms with E-state index in [1.54, 1.807) is 4.90 Å². The molecule has 1 N–H and O–H groups in total. The number of benzene rings is 2. The van der Waals surface area contributed by atoms with Gasteiger partial charge in [0.2, 0.25) is 11.8 Å². The lowest BCUT2D eigenvalue weighted by molar-refractivity contribution is -0.128. The Morgan fingerprint density at radius 3 is 2.57 bits per heavy atom. The molecule has 2 saturated heterocycles. The van der Waals surface area contributed by atoms with Crippen LogP contribution < -0.4 is 10.2 Å². The molecule has 0 radical (unpaired) electrons. The van der Waals surface area contributed by atoms with E-state index in [1.165, 1.54) is 12.8 Å². The Hall–Kier alpha value is -2.53. The lowest BCUT2D eigenvalue weighted by Gasteiger charge is -2.22. The zero-order chi connectivity index (χ0) is 19.5. The largest absolute Gasteiger partial charge is 0.370 e. The summed E-state index contributed by atoms with van der Waals surface area (Å²) in [5, 5.41) is 3.70. The van der Waals surface area contributed by atoms with E-state index < -0.39 is 0 Å². The average molecular weight is 398 g/mol. The molecule has 2 aromatic rings. The predicted octanol–water partition coefficient (Wildman–Crippen LogP) is 3.93. The number of hydrogen-bond acceptors (Lipinski definition) is 3. The Kier molecular flexibility index (Phi) is 5.53. The number of nitrogens with one attached hydrogen (secondary N) is 1. The summed E-state index contributed by atoms with van der Waals surface area (Å²) in [6.07, 6.45) is 2.59. The van der Waals surface area contributed by atoms with Gasteiger partial charge in [-0.15, -0.1) is 0 Å². The first-order chi connectivity index (χ1) is 13.6. The van der Waals surface area contributed by atoms with Gasteiger partial charge in [0.25, 0.3) is 0 Å². The van der Waals surface area contributed by atoms with Gasteiger partial charge in [0.15, 0.2) is 0 Å². The molecule has 0 aliphatic carbocycles. The molecule has 28 heavy (non-hydrogen) atoms. The Bertz CT molecular complexity index is 880. The quantitative estimate of drug-likeness (QED) is 0.831. The van der Waals surface area contributed by atoms with Gasteiger partial charge in [0.1, 0.15) is 0 Å². The van der Waals surface area contributed by atoms with Crippen LogP contribution in [0, 0.1) is 5.92 Å². The molecule has 2 aromatic carbocycles. The van der Waals surface area contributed by atoms with E-state index in [9.17, 15) is 9.59 Å². The van der Waals surface area contributed by atoms with Gasteiger partial charge in [-0.1, -0.05) is 41.9 Å². The number of carbonyl (C=O) groups is 2. The molecule has 146 valence electrons. The number of rotatable bonds is 5. The summed E-state index contributed by atoms with van der Waals surface area (Å²) in [5.74, 6) is -0.448. The lowest BCUT2D eigenvalue weighted by atomic mass is 10.1. The van der Waals surface area contributed by atoms with Crippen LogP contribution in [0.1, 0.15) is 24.8 Å². The van der Waals surface area contributed by atoms with Crippen LogP contribution >= 0.6 is 11.6 Å². The van der Waals surface area contributed by atoms with Crippen LogP contribution in [-0.2, 0) is 16.1 Å². The molecule has 5 nitrogen and oxygen atoms in total. The third-order valence-corrected chi connectivity index (χ3v) is 5.88. The maximum atomic E-state index is 12.9. The van der Waals surface area contributed by atoms with Gasteiger partial charge in [0, 0.05) is 37.6 Å². The van der Waals surface area contributed by atoms with Gasteiger partial charge in [-0.3, -0.25) is 9.59 Å². The van der Waals surface area contributed by atoms with Gasteiger partial charge in [-0.05, 0) is 36.6 Å². The van der Waals surface area contributed by atoms with Gasteiger partial charge in [-0.2, -0.15) is 0 Å². The fourth-order valence-electron chi connectivity index (χ4n) is 3.98. The van der Waals surface area contributed by atoms with Crippen LogP contribution in [0.4, 0.5) is 11.4 Å². The molecule has 1 atom stereocenters. The minimum Gasteiger partial charge on any atom is -0.370 e. The highest BCUT2D eigenvalue weighted by molar-refractivity contribution is 6.31. The van der Waals surface area contributed by atoms with E-state index in [1.807, 2.05) is 48.5 Å². The molecular weight excluding hydrogens is 374 g/mol. The van der Waals surface area contributed by atoms with Gasteiger partial charge in [-0.25, -0.2) is 0 Å². The molecule has 6 heteroatoms. The summed E-state index contributed by atoms with van der Waals surface area (Å²) < 4.78 is 0. The monoisotopic (exact) mass is 397 g/mol. The first-order valence-corrected chi connectivity index (χ1v) is 10.2. The topological polar surface area (TPSA) is 52.7 Å². The zero-order valence-electron chi connectivity index (χ0n) is 15.7. The van der Waals surface area contributed by atoms with Gasteiger partial charge < -0.3 is 15.1 Å². The van der Waals surface area contributed by atoms with Crippen molar-refractivity contribution in [2.24, 2.45) is 5.92 Å². The maximum absolute atomic E-state index is 12.9. The second-order valence-corrected chi connectivity index (χ2v) is 7.87. The Labute approximate surface area is 170 Å². The SMILES string of the molecule is O=C(Nc1ccccc1N1CCCC1)[C@H]1CC(=O)N(Cc2ccccc2Cl)C1. The highest BCUT2D eigenvalue weighted by Crippen LogP contribution is 2.30. The number of carbonyl (C=O) groups excluding carboxylic acids is 2. The van der Waals surface area contributed by atoms with Gasteiger partial charge in [0.05, 0.1) is 17.3 Å². The molecule has 0 saturated carbocycles. The van der Waals surface area contributed by atoms with Crippen LogP contribution in [0.2, 0.25) is 5.02 Å². The normalized spacial score (nSPS) is 19.3. The van der Waals surface area contributed by atoms with Crippen molar-refractivity contribution < 1.29 is 9.59 Å². The van der Waals surface area contributed by atoms with E-state index in [2.05, 4.69) is 10.2 Å². The lowest BCUT2D eigenvalue weighted by Crippen LogP contribution is -2.28. The molecule has 0 bridgehead atoms. The second kappa shape index (κ2) is 8.23. The van der Waals surface area contributed by atoms with Crippen molar-refractivity contribution in [3.05, 3.63) is 59.1 Å². The van der Waals surface area contributed by atoms with Crippen LogP contribution in [0.3, 0.4) is 0 Å². The van der Waals surface area contributed by atoms with Crippen molar-refractivity contribution in [2.45, 2.75) is 25.8 Å². The van der Waals surface area contributed by atoms with E-state index in [-0.39, 0.29) is 24.2 Å². The van der Waals surface area contributed by atoms with Crippen molar-refractivity contribution in [1.29, 1.82) is 0 Å². The van der Waals surface area contributed by atoms with Gasteiger partial charge >= 0.3 is 0 Å². The van der Waals surface area contributed by atoms with Crippen molar-refractivity contribution in [3.63, 3.8) is 0 Å². The minimum absolute atomic E-state index is 0.00658. The Morgan fingerprint density at radius 2 is 1.79 bits per heavy atom. The summed E-state index contributed by atoms with van der Waals surface area (Å²) >= 11 is 6.21. The first-order valence-electron chi connectivity index (χ1n) is 9.78. The summed E-state index contributed by atoms with van der Waals surface area (Å²) in [4.78, 5) is 29.3. The van der Waals surface area contributed by atoms with E-state index >= 15 is 0 Å². The standard InChI is InChI=1S/C22H24ClN3O2/c23-18-8-2-1-7-16(18)14-26-15-17(13-21(26)27)22(28)24-19-9-3-4-10-20(19)25-11-5-6-12-25/h1-4,7-10,17H,5-6,11-15H2,(H,24,28)/t17-/m0/s1. The fraction of sp³-hybridized carbons (Fsp3) is 0.364. The average Bonchev–Trinajstić information content (AvgIpc) is 3.35. The Balaban J connectivity index is 1.42. The molecule has 2 fully saturated rings. The van der Waals surface area contributed by atoms with E-state index in [4.69, 9.17) is 11.6 Å². The van der Waals surface area contributed by atoms with Crippen molar-refractivity contribution in [3.8, 4) is 0 Å². The molecule has 0 unspecified atom stereocenters. The highest BCUT2D eigenvalue weighted by Gasteiger charge is 2.34. The van der Waals surface area contributed by atoms with E-state index in [0.29, 0.717) is 18.1 Å². The number of halogens is 1. The molecule has 4 rings (SSSR count). The number of nitrogens with zero attached hydrogens (tertiary/aromatic N) is 2. The smallest absolute Gasteiger partial charge is 0.229 e. The van der Waals surface area contributed by atoms with E-state index in [0.717, 1.165) is 30.0 Å². The van der Waals surface area contributed by atoms with Crippen LogP contribution in [0.25, 0.3) is 0 Å². The molecule has 0 aromatic heterocycles. The molecule has 2 aliphatic heterocycles. The number of anilines is 2. The van der Waals surface area contributed by atoms with Crippen LogP contribution in [0.5, 0.6) is 0 Å². The Morgan fingerprint density at radius 1 is 1.07 bits per heavy atom. The summed E-state index contributed by atoms with van der Waals surface area (Å²) in [7, 11) is 0. The summed E-state index contributed by atoms with van der Waals surface area (Å²) in [6.45, 7) is 2.88. The second-order valence-electron chi connectivity index (χ2n) is 7.47. The number of para-hydroxylation sites is 2. The molecular formula is C22H24ClN3O2. The van der Waals surface area contributed by atoms with Crippen molar-refractivity contribution >= 4 is 34.8 Å². The third-order valence-electron chi connectivity index (χ3n) is 5.51. The summed E-state index contributed by atoms with van der Waals surface area (Å²) in [6, 6.07) is 15.4. The van der Waals surface area contributed by atoms with Crippen LogP contribution in [-0.4, -0.2) is 36.3 Å². The maximum Gasteiger partial charge on any atom is 0.229 e. The molecule has 2 amide bonds. The number of hydrogen-bond donors (Lipinski definition) is 1.